The molecule has 126 valence electrons. The summed E-state index contributed by atoms with van der Waals surface area (Å²) in [5.41, 5.74) is 3.15. The summed E-state index contributed by atoms with van der Waals surface area (Å²) >= 11 is 0. The molecule has 1 atom stereocenters. The summed E-state index contributed by atoms with van der Waals surface area (Å²) in [4.78, 5) is 14.3. The Morgan fingerprint density at radius 2 is 1.96 bits per heavy atom. The molecule has 4 heteroatoms. The first kappa shape index (κ1) is 16.5. The number of hydrogen-bond acceptors (Lipinski definition) is 2. The van der Waals surface area contributed by atoms with Crippen molar-refractivity contribution < 1.29 is 9.18 Å². The highest BCUT2D eigenvalue weighted by Crippen LogP contribution is 2.31. The summed E-state index contributed by atoms with van der Waals surface area (Å²) in [6.45, 7) is 3.76. The lowest BCUT2D eigenvalue weighted by Gasteiger charge is -2.24. The molecule has 3 rings (SSSR count). The first-order valence-electron chi connectivity index (χ1n) is 8.50. The summed E-state index contributed by atoms with van der Waals surface area (Å²) in [5, 5.41) is 2.89. The summed E-state index contributed by atoms with van der Waals surface area (Å²) in [7, 11) is 0. The topological polar surface area (TPSA) is 32.3 Å². The van der Waals surface area contributed by atoms with Gasteiger partial charge in [-0.2, -0.15) is 0 Å². The maximum atomic E-state index is 13.5. The van der Waals surface area contributed by atoms with Crippen LogP contribution < -0.4 is 10.2 Å². The van der Waals surface area contributed by atoms with Crippen LogP contribution in [-0.2, 0) is 17.6 Å². The molecular weight excluding hydrogens is 303 g/mol. The Balaban J connectivity index is 1.44. The van der Waals surface area contributed by atoms with E-state index in [4.69, 9.17) is 0 Å². The second kappa shape index (κ2) is 7.47. The van der Waals surface area contributed by atoms with E-state index in [-0.39, 0.29) is 18.1 Å². The average molecular weight is 326 g/mol. The number of carbonyl (C=O) groups excluding carboxylic acids is 1. The minimum absolute atomic E-state index is 0.0929. The smallest absolute Gasteiger partial charge is 0.224 e. The fraction of sp³-hybridized carbons (Fsp3) is 0.350. The second-order valence-corrected chi connectivity index (χ2v) is 6.35. The van der Waals surface area contributed by atoms with Crippen LogP contribution in [0.25, 0.3) is 0 Å². The molecule has 1 aliphatic heterocycles. The van der Waals surface area contributed by atoms with E-state index in [0.717, 1.165) is 19.4 Å². The van der Waals surface area contributed by atoms with Gasteiger partial charge in [0.2, 0.25) is 5.91 Å². The SMILES string of the molecule is CC1Cc2ccccc2N1CCCNC(=O)Cc1ccccc1F. The number of hydrogen-bond donors (Lipinski definition) is 1. The molecule has 1 amide bonds. The highest BCUT2D eigenvalue weighted by Gasteiger charge is 2.24. The lowest BCUT2D eigenvalue weighted by molar-refractivity contribution is -0.120. The number of anilines is 1. The molecule has 2 aromatic rings. The number of benzene rings is 2. The number of para-hydroxylation sites is 1. The lowest BCUT2D eigenvalue weighted by Crippen LogP contribution is -2.33. The third-order valence-corrected chi connectivity index (χ3v) is 4.56. The van der Waals surface area contributed by atoms with E-state index in [2.05, 4.69) is 41.4 Å². The van der Waals surface area contributed by atoms with Crippen LogP contribution in [0.4, 0.5) is 10.1 Å². The van der Waals surface area contributed by atoms with Crippen LogP contribution in [0.5, 0.6) is 0 Å². The van der Waals surface area contributed by atoms with E-state index in [9.17, 15) is 9.18 Å². The monoisotopic (exact) mass is 326 g/mol. The summed E-state index contributed by atoms with van der Waals surface area (Å²) in [5.74, 6) is -0.454. The van der Waals surface area contributed by atoms with Gasteiger partial charge in [-0.1, -0.05) is 36.4 Å². The summed E-state index contributed by atoms with van der Waals surface area (Å²) < 4.78 is 13.5. The second-order valence-electron chi connectivity index (χ2n) is 6.35. The molecule has 2 aromatic carbocycles. The van der Waals surface area contributed by atoms with Crippen molar-refractivity contribution in [2.75, 3.05) is 18.0 Å². The molecule has 0 aliphatic carbocycles. The van der Waals surface area contributed by atoms with Gasteiger partial charge in [0.15, 0.2) is 0 Å². The van der Waals surface area contributed by atoms with Crippen LogP contribution in [0.1, 0.15) is 24.5 Å². The van der Waals surface area contributed by atoms with Crippen molar-refractivity contribution in [2.24, 2.45) is 0 Å². The Labute approximate surface area is 142 Å². The Bertz CT molecular complexity index is 716. The zero-order chi connectivity index (χ0) is 16.9. The molecule has 1 heterocycles. The third-order valence-electron chi connectivity index (χ3n) is 4.56. The minimum atomic E-state index is -0.324. The molecule has 24 heavy (non-hydrogen) atoms. The van der Waals surface area contributed by atoms with Crippen LogP contribution in [0.3, 0.4) is 0 Å². The van der Waals surface area contributed by atoms with Crippen LogP contribution in [0.2, 0.25) is 0 Å². The van der Waals surface area contributed by atoms with Gasteiger partial charge < -0.3 is 10.2 Å². The van der Waals surface area contributed by atoms with Crippen molar-refractivity contribution in [3.05, 3.63) is 65.5 Å². The first-order chi connectivity index (χ1) is 11.6. The predicted octanol–water partition coefficient (Wildman–Crippen LogP) is 3.33. The van der Waals surface area contributed by atoms with Gasteiger partial charge in [-0.3, -0.25) is 4.79 Å². The quantitative estimate of drug-likeness (QED) is 0.826. The molecule has 0 saturated heterocycles. The van der Waals surface area contributed by atoms with E-state index in [0.29, 0.717) is 18.2 Å². The maximum Gasteiger partial charge on any atom is 0.224 e. The largest absolute Gasteiger partial charge is 0.368 e. The third kappa shape index (κ3) is 3.75. The molecule has 1 aliphatic rings. The fourth-order valence-corrected chi connectivity index (χ4v) is 3.32. The Morgan fingerprint density at radius 1 is 1.21 bits per heavy atom. The van der Waals surface area contributed by atoms with Gasteiger partial charge in [0.25, 0.3) is 0 Å². The Kier molecular flexibility index (Phi) is 5.14. The molecule has 0 bridgehead atoms. The number of fused-ring (bicyclic) bond motifs is 1. The molecule has 0 fully saturated rings. The molecule has 0 saturated carbocycles. The molecule has 0 aromatic heterocycles. The van der Waals surface area contributed by atoms with Crippen molar-refractivity contribution in [3.63, 3.8) is 0 Å². The molecule has 0 spiro atoms. The fourth-order valence-electron chi connectivity index (χ4n) is 3.32. The van der Waals surface area contributed by atoms with Gasteiger partial charge in [0.1, 0.15) is 5.82 Å². The zero-order valence-electron chi connectivity index (χ0n) is 14.0. The molecular formula is C20H23FN2O. The van der Waals surface area contributed by atoms with Gasteiger partial charge in [-0.05, 0) is 43.0 Å². The van der Waals surface area contributed by atoms with E-state index < -0.39 is 0 Å². The maximum absolute atomic E-state index is 13.5. The van der Waals surface area contributed by atoms with E-state index in [1.807, 2.05) is 0 Å². The van der Waals surface area contributed by atoms with E-state index in [1.165, 1.54) is 17.3 Å². The van der Waals surface area contributed by atoms with Crippen LogP contribution in [0.15, 0.2) is 48.5 Å². The first-order valence-corrected chi connectivity index (χ1v) is 8.50. The van der Waals surface area contributed by atoms with Crippen molar-refractivity contribution in [1.82, 2.24) is 5.32 Å². The van der Waals surface area contributed by atoms with Gasteiger partial charge in [0.05, 0.1) is 6.42 Å². The normalized spacial score (nSPS) is 16.1. The number of amides is 1. The number of rotatable bonds is 6. The highest BCUT2D eigenvalue weighted by atomic mass is 19.1. The zero-order valence-corrected chi connectivity index (χ0v) is 14.0. The number of nitrogens with one attached hydrogen (secondary N) is 1. The van der Waals surface area contributed by atoms with E-state index >= 15 is 0 Å². The molecule has 1 N–H and O–H groups in total. The predicted molar refractivity (Wildman–Crippen MR) is 94.7 cm³/mol. The van der Waals surface area contributed by atoms with Gasteiger partial charge in [-0.15, -0.1) is 0 Å². The van der Waals surface area contributed by atoms with Crippen LogP contribution in [0, 0.1) is 5.82 Å². The van der Waals surface area contributed by atoms with Crippen molar-refractivity contribution in [3.8, 4) is 0 Å². The molecule has 3 nitrogen and oxygen atoms in total. The van der Waals surface area contributed by atoms with Gasteiger partial charge in [0, 0.05) is 24.8 Å². The lowest BCUT2D eigenvalue weighted by atomic mass is 10.1. The highest BCUT2D eigenvalue weighted by molar-refractivity contribution is 5.78. The van der Waals surface area contributed by atoms with Crippen LogP contribution in [-0.4, -0.2) is 25.0 Å². The minimum Gasteiger partial charge on any atom is -0.368 e. The summed E-state index contributed by atoms with van der Waals surface area (Å²) in [6.07, 6.45) is 2.05. The number of nitrogens with zero attached hydrogens (tertiary/aromatic N) is 1. The van der Waals surface area contributed by atoms with Gasteiger partial charge in [-0.25, -0.2) is 4.39 Å². The number of halogens is 1. The van der Waals surface area contributed by atoms with Gasteiger partial charge >= 0.3 is 0 Å². The standard InChI is InChI=1S/C20H23FN2O/c1-15-13-17-8-3-5-10-19(17)23(15)12-6-11-22-20(24)14-16-7-2-4-9-18(16)21/h2-5,7-10,15H,6,11-14H2,1H3,(H,22,24). The van der Waals surface area contributed by atoms with Crippen LogP contribution >= 0.6 is 0 Å². The molecule has 0 radical (unpaired) electrons. The van der Waals surface area contributed by atoms with E-state index in [1.54, 1.807) is 18.2 Å². The van der Waals surface area contributed by atoms with Crippen molar-refractivity contribution in [2.45, 2.75) is 32.2 Å². The summed E-state index contributed by atoms with van der Waals surface area (Å²) in [6, 6.07) is 15.4. The Morgan fingerprint density at radius 3 is 2.79 bits per heavy atom. The number of carbonyl (C=O) groups is 1. The Hall–Kier alpha value is -2.36. The van der Waals surface area contributed by atoms with Crippen molar-refractivity contribution >= 4 is 11.6 Å². The molecule has 1 unspecified atom stereocenters. The van der Waals surface area contributed by atoms with Crippen molar-refractivity contribution in [1.29, 1.82) is 0 Å². The average Bonchev–Trinajstić information content (AvgIpc) is 2.89.